The number of nitrogens with two attached hydrogens (primary N) is 1. The highest BCUT2D eigenvalue weighted by atomic mass is 79.9. The number of ether oxygens (including phenoxy) is 1. The number of methoxy groups -OCH3 is 1. The molecule has 15 heavy (non-hydrogen) atoms. The van der Waals surface area contributed by atoms with Gasteiger partial charge in [0.1, 0.15) is 0 Å². The van der Waals surface area contributed by atoms with Gasteiger partial charge in [-0.05, 0) is 18.2 Å². The number of benzene rings is 1. The van der Waals surface area contributed by atoms with Gasteiger partial charge >= 0.3 is 5.97 Å². The molecular weight excluding hydrogens is 286 g/mol. The maximum Gasteiger partial charge on any atom is 0.337 e. The summed E-state index contributed by atoms with van der Waals surface area (Å²) in [4.78, 5) is 11.0. The highest BCUT2D eigenvalue weighted by Crippen LogP contribution is 2.19. The topological polar surface area (TPSA) is 86.5 Å². The van der Waals surface area contributed by atoms with Crippen LogP contribution in [-0.2, 0) is 14.8 Å². The van der Waals surface area contributed by atoms with Gasteiger partial charge in [0.15, 0.2) is 0 Å². The van der Waals surface area contributed by atoms with Gasteiger partial charge in [-0.25, -0.2) is 18.4 Å². The third-order valence-electron chi connectivity index (χ3n) is 1.62. The zero-order chi connectivity index (χ0) is 11.6. The predicted molar refractivity (Wildman–Crippen MR) is 56.9 cm³/mol. The van der Waals surface area contributed by atoms with E-state index in [2.05, 4.69) is 20.7 Å². The smallest absolute Gasteiger partial charge is 0.337 e. The van der Waals surface area contributed by atoms with Crippen molar-refractivity contribution in [2.24, 2.45) is 5.14 Å². The second-order valence-electron chi connectivity index (χ2n) is 2.71. The van der Waals surface area contributed by atoms with Gasteiger partial charge in [-0.1, -0.05) is 15.9 Å². The SMILES string of the molecule is COC(=O)c1cc(Br)cc(S(N)(=O)=O)c1. The van der Waals surface area contributed by atoms with Crippen molar-refractivity contribution in [1.29, 1.82) is 0 Å². The Morgan fingerprint density at radius 3 is 2.47 bits per heavy atom. The van der Waals surface area contributed by atoms with E-state index in [-0.39, 0.29) is 10.5 Å². The summed E-state index contributed by atoms with van der Waals surface area (Å²) in [5.41, 5.74) is 0.121. The first kappa shape index (κ1) is 12.2. The van der Waals surface area contributed by atoms with E-state index in [1.165, 1.54) is 19.2 Å². The van der Waals surface area contributed by atoms with Crippen LogP contribution in [0.1, 0.15) is 10.4 Å². The second kappa shape index (κ2) is 4.30. The summed E-state index contributed by atoms with van der Waals surface area (Å²) in [6.07, 6.45) is 0. The van der Waals surface area contributed by atoms with Crippen molar-refractivity contribution < 1.29 is 17.9 Å². The third kappa shape index (κ3) is 3.01. The summed E-state index contributed by atoms with van der Waals surface area (Å²) < 4.78 is 27.0. The zero-order valence-corrected chi connectivity index (χ0v) is 10.1. The quantitative estimate of drug-likeness (QED) is 0.820. The number of sulfonamides is 1. The molecule has 0 aliphatic carbocycles. The molecule has 82 valence electrons. The Kier molecular flexibility index (Phi) is 3.48. The largest absolute Gasteiger partial charge is 0.465 e. The van der Waals surface area contributed by atoms with E-state index in [1.54, 1.807) is 0 Å². The van der Waals surface area contributed by atoms with Gasteiger partial charge in [0.25, 0.3) is 0 Å². The summed E-state index contributed by atoms with van der Waals surface area (Å²) in [5, 5.41) is 4.94. The van der Waals surface area contributed by atoms with Crippen LogP contribution in [0.3, 0.4) is 0 Å². The molecule has 0 saturated heterocycles. The van der Waals surface area contributed by atoms with Gasteiger partial charge in [0, 0.05) is 4.47 Å². The molecule has 0 spiro atoms. The number of carbonyl (C=O) groups excluding carboxylic acids is 1. The molecule has 0 heterocycles. The summed E-state index contributed by atoms with van der Waals surface area (Å²) in [6.45, 7) is 0. The molecule has 0 saturated carbocycles. The minimum Gasteiger partial charge on any atom is -0.465 e. The molecule has 7 heteroatoms. The van der Waals surface area contributed by atoms with Gasteiger partial charge in [0.05, 0.1) is 17.6 Å². The van der Waals surface area contributed by atoms with Crippen LogP contribution in [0.25, 0.3) is 0 Å². The Balaban J connectivity index is 3.35. The van der Waals surface area contributed by atoms with Crippen LogP contribution >= 0.6 is 15.9 Å². The van der Waals surface area contributed by atoms with Gasteiger partial charge in [0.2, 0.25) is 10.0 Å². The minimum atomic E-state index is -3.83. The average molecular weight is 294 g/mol. The summed E-state index contributed by atoms with van der Waals surface area (Å²) in [5.74, 6) is -0.624. The molecule has 1 aromatic rings. The molecule has 1 aromatic carbocycles. The lowest BCUT2D eigenvalue weighted by atomic mass is 10.2. The van der Waals surface area contributed by atoms with Crippen LogP contribution < -0.4 is 5.14 Å². The van der Waals surface area contributed by atoms with Gasteiger partial charge in [-0.15, -0.1) is 0 Å². The van der Waals surface area contributed by atoms with Crippen LogP contribution in [0.4, 0.5) is 0 Å². The lowest BCUT2D eigenvalue weighted by molar-refractivity contribution is 0.0600. The molecule has 0 atom stereocenters. The summed E-state index contributed by atoms with van der Waals surface area (Å²) in [7, 11) is -2.62. The van der Waals surface area contributed by atoms with Crippen molar-refractivity contribution in [3.8, 4) is 0 Å². The summed E-state index contributed by atoms with van der Waals surface area (Å²) in [6, 6.07) is 3.91. The molecule has 0 bridgehead atoms. The Bertz CT molecular complexity index is 497. The molecule has 0 amide bonds. The summed E-state index contributed by atoms with van der Waals surface area (Å²) >= 11 is 3.08. The molecule has 2 N–H and O–H groups in total. The number of rotatable bonds is 2. The van der Waals surface area contributed by atoms with E-state index in [0.29, 0.717) is 4.47 Å². The third-order valence-corrected chi connectivity index (χ3v) is 2.97. The molecule has 0 radical (unpaired) electrons. The van der Waals surface area contributed by atoms with E-state index in [0.717, 1.165) is 6.07 Å². The van der Waals surface area contributed by atoms with E-state index in [9.17, 15) is 13.2 Å². The van der Waals surface area contributed by atoms with Crippen LogP contribution in [-0.4, -0.2) is 21.5 Å². The Morgan fingerprint density at radius 2 is 2.00 bits per heavy atom. The first-order chi connectivity index (χ1) is 6.84. The number of primary sulfonamides is 1. The predicted octanol–water partition coefficient (Wildman–Crippen LogP) is 0.883. The number of carbonyl (C=O) groups is 1. The number of esters is 1. The fraction of sp³-hybridized carbons (Fsp3) is 0.125. The molecule has 0 unspecified atom stereocenters. The monoisotopic (exact) mass is 293 g/mol. The van der Waals surface area contributed by atoms with Crippen LogP contribution in [0.2, 0.25) is 0 Å². The van der Waals surface area contributed by atoms with E-state index in [4.69, 9.17) is 5.14 Å². The fourth-order valence-corrected chi connectivity index (χ4v) is 2.19. The number of hydrogen-bond donors (Lipinski definition) is 1. The first-order valence-corrected chi connectivity index (χ1v) is 6.10. The van der Waals surface area contributed by atoms with Crippen LogP contribution in [0.5, 0.6) is 0 Å². The first-order valence-electron chi connectivity index (χ1n) is 3.76. The molecule has 0 aliphatic rings. The maximum absolute atomic E-state index is 11.2. The fourth-order valence-electron chi connectivity index (χ4n) is 0.963. The number of hydrogen-bond acceptors (Lipinski definition) is 4. The minimum absolute atomic E-state index is 0.121. The van der Waals surface area contributed by atoms with Gasteiger partial charge < -0.3 is 4.74 Å². The molecular formula is C8H8BrNO4S. The molecule has 5 nitrogen and oxygen atoms in total. The van der Waals surface area contributed by atoms with Crippen molar-refractivity contribution in [2.75, 3.05) is 7.11 Å². The van der Waals surface area contributed by atoms with Crippen molar-refractivity contribution in [3.05, 3.63) is 28.2 Å². The van der Waals surface area contributed by atoms with Crippen molar-refractivity contribution in [3.63, 3.8) is 0 Å². The Hall–Kier alpha value is -0.920. The van der Waals surface area contributed by atoms with Crippen molar-refractivity contribution >= 4 is 31.9 Å². The van der Waals surface area contributed by atoms with Gasteiger partial charge in [-0.3, -0.25) is 0 Å². The molecule has 0 aromatic heterocycles. The zero-order valence-electron chi connectivity index (χ0n) is 7.73. The van der Waals surface area contributed by atoms with Crippen LogP contribution in [0, 0.1) is 0 Å². The highest BCUT2D eigenvalue weighted by Gasteiger charge is 2.13. The molecule has 1 rings (SSSR count). The highest BCUT2D eigenvalue weighted by molar-refractivity contribution is 9.10. The second-order valence-corrected chi connectivity index (χ2v) is 5.19. The maximum atomic E-state index is 11.2. The van der Waals surface area contributed by atoms with E-state index < -0.39 is 16.0 Å². The van der Waals surface area contributed by atoms with E-state index >= 15 is 0 Å². The Morgan fingerprint density at radius 1 is 1.40 bits per heavy atom. The lowest BCUT2D eigenvalue weighted by Crippen LogP contribution is -2.13. The standard InChI is InChI=1S/C8H8BrNO4S/c1-14-8(11)5-2-6(9)4-7(3-5)15(10,12)13/h2-4H,1H3,(H2,10,12,13). The Labute approximate surface area is 95.4 Å². The number of halogens is 1. The van der Waals surface area contributed by atoms with Crippen LogP contribution in [0.15, 0.2) is 27.6 Å². The lowest BCUT2D eigenvalue weighted by Gasteiger charge is -2.03. The van der Waals surface area contributed by atoms with E-state index in [1.807, 2.05) is 0 Å². The normalized spacial score (nSPS) is 11.1. The average Bonchev–Trinajstić information content (AvgIpc) is 2.14. The van der Waals surface area contributed by atoms with Crippen molar-refractivity contribution in [2.45, 2.75) is 4.90 Å². The van der Waals surface area contributed by atoms with Crippen molar-refractivity contribution in [1.82, 2.24) is 0 Å². The van der Waals surface area contributed by atoms with Gasteiger partial charge in [-0.2, -0.15) is 0 Å². The molecule has 0 fully saturated rings. The molecule has 0 aliphatic heterocycles.